The summed E-state index contributed by atoms with van der Waals surface area (Å²) >= 11 is 0. The van der Waals surface area contributed by atoms with E-state index in [0.29, 0.717) is 19.1 Å². The summed E-state index contributed by atoms with van der Waals surface area (Å²) in [6.07, 6.45) is 3.84. The molecule has 23 heavy (non-hydrogen) atoms. The molecule has 0 radical (unpaired) electrons. The van der Waals surface area contributed by atoms with Crippen molar-refractivity contribution in [2.24, 2.45) is 11.1 Å². The van der Waals surface area contributed by atoms with Crippen LogP contribution in [0.2, 0.25) is 0 Å². The van der Waals surface area contributed by atoms with Gasteiger partial charge in [0, 0.05) is 26.3 Å². The molecule has 4 nitrogen and oxygen atoms in total. The third kappa shape index (κ3) is 4.33. The molecule has 2 rings (SSSR count). The minimum Gasteiger partial charge on any atom is -0.385 e. The molecule has 0 aliphatic heterocycles. The fourth-order valence-corrected chi connectivity index (χ4v) is 3.13. The Morgan fingerprint density at radius 2 is 1.87 bits per heavy atom. The summed E-state index contributed by atoms with van der Waals surface area (Å²) in [6.45, 7) is 5.46. The third-order valence-electron chi connectivity index (χ3n) is 5.09. The van der Waals surface area contributed by atoms with Crippen LogP contribution < -0.4 is 11.1 Å². The van der Waals surface area contributed by atoms with Crippen LogP contribution in [-0.2, 0) is 9.53 Å². The molecule has 1 aliphatic carbocycles. The molecule has 128 valence electrons. The summed E-state index contributed by atoms with van der Waals surface area (Å²) in [7, 11) is 1.68. The van der Waals surface area contributed by atoms with Gasteiger partial charge in [0.05, 0.1) is 5.41 Å². The first-order valence-corrected chi connectivity index (χ1v) is 8.61. The number of ether oxygens (including phenoxy) is 1. The molecule has 1 fully saturated rings. The lowest BCUT2D eigenvalue weighted by Crippen LogP contribution is -2.47. The molecule has 1 aromatic carbocycles. The van der Waals surface area contributed by atoms with Gasteiger partial charge in [0.25, 0.3) is 0 Å². The highest BCUT2D eigenvalue weighted by Gasteiger charge is 2.43. The van der Waals surface area contributed by atoms with E-state index in [0.717, 1.165) is 31.2 Å². The minimum absolute atomic E-state index is 0.134. The Kier molecular flexibility index (Phi) is 6.19. The summed E-state index contributed by atoms with van der Waals surface area (Å²) in [5, 5.41) is 3.05. The smallest absolute Gasteiger partial charge is 0.226 e. The maximum atomic E-state index is 12.5. The second-order valence-electron chi connectivity index (χ2n) is 7.01. The van der Waals surface area contributed by atoms with Crippen molar-refractivity contribution in [3.8, 4) is 0 Å². The number of carbonyl (C=O) groups is 1. The molecule has 4 heteroatoms. The maximum absolute atomic E-state index is 12.5. The number of hydrogen-bond donors (Lipinski definition) is 2. The van der Waals surface area contributed by atoms with Crippen LogP contribution in [0.1, 0.15) is 62.6 Å². The van der Waals surface area contributed by atoms with Crippen LogP contribution in [0.15, 0.2) is 24.3 Å². The minimum atomic E-state index is -0.225. The maximum Gasteiger partial charge on any atom is 0.226 e. The Morgan fingerprint density at radius 1 is 1.26 bits per heavy atom. The van der Waals surface area contributed by atoms with Gasteiger partial charge in [0.2, 0.25) is 5.91 Å². The second kappa shape index (κ2) is 7.93. The third-order valence-corrected chi connectivity index (χ3v) is 5.09. The van der Waals surface area contributed by atoms with Crippen molar-refractivity contribution in [2.45, 2.75) is 51.5 Å². The highest BCUT2D eigenvalue weighted by Crippen LogP contribution is 2.44. The average Bonchev–Trinajstić information content (AvgIpc) is 2.51. The molecular weight excluding hydrogens is 288 g/mol. The quantitative estimate of drug-likeness (QED) is 0.774. The van der Waals surface area contributed by atoms with E-state index >= 15 is 0 Å². The molecule has 0 saturated heterocycles. The van der Waals surface area contributed by atoms with E-state index in [-0.39, 0.29) is 17.4 Å². The molecule has 0 heterocycles. The van der Waals surface area contributed by atoms with Crippen molar-refractivity contribution >= 4 is 5.91 Å². The van der Waals surface area contributed by atoms with Crippen molar-refractivity contribution in [1.29, 1.82) is 0 Å². The SMILES string of the molecule is COCCC1(C(=O)NCC(N)c2ccc(C(C)C)cc2)CCC1. The standard InChI is InChI=1S/C19H30N2O2/c1-14(2)15-5-7-16(8-6-15)17(20)13-21-18(22)19(9-4-10-19)11-12-23-3/h5-8,14,17H,4,9-13,20H2,1-3H3,(H,21,22). The number of benzene rings is 1. The Hall–Kier alpha value is -1.39. The molecule has 3 N–H and O–H groups in total. The van der Waals surface area contributed by atoms with Gasteiger partial charge in [-0.25, -0.2) is 0 Å². The lowest BCUT2D eigenvalue weighted by Gasteiger charge is -2.40. The van der Waals surface area contributed by atoms with E-state index in [9.17, 15) is 4.79 Å². The molecular formula is C19H30N2O2. The molecule has 1 amide bonds. The van der Waals surface area contributed by atoms with Crippen molar-refractivity contribution in [3.63, 3.8) is 0 Å². The second-order valence-corrected chi connectivity index (χ2v) is 7.01. The van der Waals surface area contributed by atoms with Gasteiger partial charge in [-0.05, 0) is 36.3 Å². The predicted octanol–water partition coefficient (Wildman–Crippen LogP) is 3.13. The summed E-state index contributed by atoms with van der Waals surface area (Å²) in [5.74, 6) is 0.647. The number of amides is 1. The number of methoxy groups -OCH3 is 1. The number of rotatable bonds is 8. The molecule has 1 atom stereocenters. The predicted molar refractivity (Wildman–Crippen MR) is 93.2 cm³/mol. The van der Waals surface area contributed by atoms with Gasteiger partial charge < -0.3 is 15.8 Å². The van der Waals surface area contributed by atoms with Crippen molar-refractivity contribution in [1.82, 2.24) is 5.32 Å². The van der Waals surface area contributed by atoms with Crippen molar-refractivity contribution in [3.05, 3.63) is 35.4 Å². The number of nitrogens with two attached hydrogens (primary N) is 1. The zero-order chi connectivity index (χ0) is 16.9. The van der Waals surface area contributed by atoms with Crippen LogP contribution in [0.25, 0.3) is 0 Å². The van der Waals surface area contributed by atoms with E-state index in [1.807, 2.05) is 0 Å². The molecule has 0 bridgehead atoms. The number of hydrogen-bond acceptors (Lipinski definition) is 3. The van der Waals surface area contributed by atoms with Crippen molar-refractivity contribution in [2.75, 3.05) is 20.3 Å². The Labute approximate surface area is 139 Å². The van der Waals surface area contributed by atoms with Crippen molar-refractivity contribution < 1.29 is 9.53 Å². The van der Waals surface area contributed by atoms with Crippen LogP contribution in [-0.4, -0.2) is 26.2 Å². The Balaban J connectivity index is 1.88. The van der Waals surface area contributed by atoms with Gasteiger partial charge in [0.15, 0.2) is 0 Å². The first-order chi connectivity index (χ1) is 11.0. The fourth-order valence-electron chi connectivity index (χ4n) is 3.13. The zero-order valence-corrected chi connectivity index (χ0v) is 14.6. The largest absolute Gasteiger partial charge is 0.385 e. The molecule has 0 spiro atoms. The lowest BCUT2D eigenvalue weighted by molar-refractivity contribution is -0.137. The first kappa shape index (κ1) is 18.0. The van der Waals surface area contributed by atoms with Gasteiger partial charge in [-0.1, -0.05) is 44.5 Å². The molecule has 0 aromatic heterocycles. The molecule has 1 aliphatic rings. The molecule has 1 unspecified atom stereocenters. The van der Waals surface area contributed by atoms with Gasteiger partial charge in [-0.3, -0.25) is 4.79 Å². The van der Waals surface area contributed by atoms with Gasteiger partial charge in [-0.2, -0.15) is 0 Å². The van der Waals surface area contributed by atoms with E-state index < -0.39 is 0 Å². The zero-order valence-electron chi connectivity index (χ0n) is 14.6. The summed E-state index contributed by atoms with van der Waals surface area (Å²) < 4.78 is 5.14. The van der Waals surface area contributed by atoms with E-state index in [1.54, 1.807) is 7.11 Å². The van der Waals surface area contributed by atoms with Gasteiger partial charge in [0.1, 0.15) is 0 Å². The topological polar surface area (TPSA) is 64.3 Å². The van der Waals surface area contributed by atoms with Gasteiger partial charge >= 0.3 is 0 Å². The average molecular weight is 318 g/mol. The Morgan fingerprint density at radius 3 is 2.35 bits per heavy atom. The molecule has 1 saturated carbocycles. The normalized spacial score (nSPS) is 17.6. The Bertz CT molecular complexity index is 507. The summed E-state index contributed by atoms with van der Waals surface area (Å²) in [4.78, 5) is 12.5. The van der Waals surface area contributed by atoms with Gasteiger partial charge in [-0.15, -0.1) is 0 Å². The van der Waals surface area contributed by atoms with Crippen LogP contribution in [0.3, 0.4) is 0 Å². The van der Waals surface area contributed by atoms with E-state index in [4.69, 9.17) is 10.5 Å². The summed E-state index contributed by atoms with van der Waals surface area (Å²) in [5.41, 5.74) is 8.38. The van der Waals surface area contributed by atoms with Crippen LogP contribution in [0.4, 0.5) is 0 Å². The van der Waals surface area contributed by atoms with E-state index in [1.165, 1.54) is 5.56 Å². The highest BCUT2D eigenvalue weighted by molar-refractivity contribution is 5.83. The first-order valence-electron chi connectivity index (χ1n) is 8.61. The fraction of sp³-hybridized carbons (Fsp3) is 0.632. The van der Waals surface area contributed by atoms with E-state index in [2.05, 4.69) is 43.4 Å². The number of carbonyl (C=O) groups excluding carboxylic acids is 1. The highest BCUT2D eigenvalue weighted by atomic mass is 16.5. The monoisotopic (exact) mass is 318 g/mol. The molecule has 1 aromatic rings. The van der Waals surface area contributed by atoms with Crippen LogP contribution in [0.5, 0.6) is 0 Å². The van der Waals surface area contributed by atoms with Crippen LogP contribution >= 0.6 is 0 Å². The van der Waals surface area contributed by atoms with Crippen LogP contribution in [0, 0.1) is 5.41 Å². The number of nitrogens with one attached hydrogen (secondary N) is 1. The lowest BCUT2D eigenvalue weighted by atomic mass is 9.66. The summed E-state index contributed by atoms with van der Waals surface area (Å²) in [6, 6.07) is 8.20.